The van der Waals surface area contributed by atoms with Crippen LogP contribution in [-0.4, -0.2) is 60.5 Å². The molecule has 2 saturated carbocycles. The first-order valence-corrected chi connectivity index (χ1v) is 23.0. The van der Waals surface area contributed by atoms with Gasteiger partial charge in [0.25, 0.3) is 0 Å². The summed E-state index contributed by atoms with van der Waals surface area (Å²) in [4.78, 5) is 27.2. The Balaban J connectivity index is 0.000000232. The van der Waals surface area contributed by atoms with Crippen LogP contribution in [-0.2, 0) is 63.4 Å². The van der Waals surface area contributed by atoms with E-state index in [-0.39, 0.29) is 49.1 Å². The lowest BCUT2D eigenvalue weighted by atomic mass is 9.56. The van der Waals surface area contributed by atoms with Crippen LogP contribution in [0, 0.1) is 57.2 Å². The van der Waals surface area contributed by atoms with Crippen LogP contribution in [0.1, 0.15) is 134 Å². The van der Waals surface area contributed by atoms with E-state index >= 15 is 0 Å². The van der Waals surface area contributed by atoms with Gasteiger partial charge in [0.05, 0.1) is 64.4 Å². The Kier molecular flexibility index (Phi) is 14.5. The molecule has 60 heavy (non-hydrogen) atoms. The van der Waals surface area contributed by atoms with Gasteiger partial charge in [-0.3, -0.25) is 0 Å². The molecule has 0 heterocycles. The molecular weight excluding hydrogens is 777 g/mol. The first kappa shape index (κ1) is 47.4. The molecule has 11 atom stereocenters. The molecule has 12 heteroatoms. The third kappa shape index (κ3) is 7.97. The Hall–Kier alpha value is -3.65. The summed E-state index contributed by atoms with van der Waals surface area (Å²) in [5.74, 6) is 0.294. The van der Waals surface area contributed by atoms with Crippen LogP contribution in [0.25, 0.3) is 0 Å². The fourth-order valence-corrected chi connectivity index (χ4v) is 12.8. The largest absolute Gasteiger partial charge is 0.464 e. The van der Waals surface area contributed by atoms with Crippen molar-refractivity contribution in [2.24, 2.45) is 40.2 Å². The lowest BCUT2D eigenvalue weighted by Gasteiger charge is -2.53. The van der Waals surface area contributed by atoms with Crippen LogP contribution in [0.15, 0.2) is 36.4 Å². The number of nitrogens with one attached hydrogen (secondary N) is 1. The normalized spacial score (nSPS) is 33.4. The maximum Gasteiger partial charge on any atom is 0.332 e. The average molecular weight is 845 g/mol. The number of esters is 2. The number of nitrogens with zero attached hydrogens (tertiary/aromatic N) is 2. The molecule has 0 aromatic heterocycles. The van der Waals surface area contributed by atoms with Crippen molar-refractivity contribution in [3.05, 3.63) is 69.8 Å². The highest BCUT2D eigenvalue weighted by molar-refractivity contribution is 7.84. The summed E-state index contributed by atoms with van der Waals surface area (Å²) in [6, 6.07) is 15.5. The van der Waals surface area contributed by atoms with E-state index in [0.29, 0.717) is 23.5 Å². The van der Waals surface area contributed by atoms with Crippen molar-refractivity contribution in [3.8, 4) is 12.1 Å². The molecule has 0 radical (unpaired) electrons. The molecule has 2 aromatic rings. The van der Waals surface area contributed by atoms with Crippen LogP contribution in [0.3, 0.4) is 0 Å². The van der Waals surface area contributed by atoms with Gasteiger partial charge in [-0.05, 0) is 143 Å². The minimum atomic E-state index is -1.53. The van der Waals surface area contributed by atoms with Crippen molar-refractivity contribution in [3.63, 3.8) is 0 Å². The van der Waals surface area contributed by atoms with Gasteiger partial charge in [-0.2, -0.15) is 10.5 Å². The summed E-state index contributed by atoms with van der Waals surface area (Å²) in [6.07, 6.45) is 6.67. The van der Waals surface area contributed by atoms with Gasteiger partial charge in [-0.1, -0.05) is 52.7 Å². The number of benzene rings is 2. The quantitative estimate of drug-likeness (QED) is 0.226. The molecule has 4 aliphatic carbocycles. The number of rotatable bonds is 10. The SMILES string of the molecule is CCOC(=O)[C@]1(N)c2cc(C#N)ccc2C[C@@]12C[C@@H](CC)[C@H](OC)[C@@H](C)C2.CCOC(=O)[C@]1(N[S@@](=O)C(C)(C)C)c2cc(C#N)ccc2C[C@@]12C[C@@H](CC)[C@H](OC)[C@@H](C)C2. The predicted molar refractivity (Wildman–Crippen MR) is 232 cm³/mol. The Morgan fingerprint density at radius 3 is 1.68 bits per heavy atom. The summed E-state index contributed by atoms with van der Waals surface area (Å²) in [7, 11) is 1.99. The van der Waals surface area contributed by atoms with Gasteiger partial charge in [0.2, 0.25) is 0 Å². The first-order chi connectivity index (χ1) is 28.4. The van der Waals surface area contributed by atoms with Crippen molar-refractivity contribution in [1.82, 2.24) is 4.72 Å². The second kappa shape index (κ2) is 18.4. The molecule has 0 saturated heterocycles. The molecule has 6 rings (SSSR count). The summed E-state index contributed by atoms with van der Waals surface area (Å²) in [5.41, 5.74) is 8.06. The zero-order chi connectivity index (χ0) is 44.4. The van der Waals surface area contributed by atoms with Crippen molar-refractivity contribution >= 4 is 22.9 Å². The zero-order valence-electron chi connectivity index (χ0n) is 37.7. The van der Waals surface area contributed by atoms with Crippen LogP contribution in [0.4, 0.5) is 0 Å². The lowest BCUT2D eigenvalue weighted by molar-refractivity contribution is -0.163. The smallest absolute Gasteiger partial charge is 0.332 e. The molecule has 0 amide bonds. The third-order valence-corrected chi connectivity index (χ3v) is 16.0. The maximum absolute atomic E-state index is 14.0. The molecule has 11 nitrogen and oxygen atoms in total. The van der Waals surface area contributed by atoms with Crippen LogP contribution >= 0.6 is 0 Å². The number of ether oxygens (including phenoxy) is 4. The fourth-order valence-electron chi connectivity index (χ4n) is 11.8. The molecule has 2 fully saturated rings. The first-order valence-electron chi connectivity index (χ1n) is 21.8. The van der Waals surface area contributed by atoms with E-state index < -0.39 is 43.6 Å². The van der Waals surface area contributed by atoms with Gasteiger partial charge in [-0.15, -0.1) is 0 Å². The molecule has 2 spiro atoms. The summed E-state index contributed by atoms with van der Waals surface area (Å²) in [6.45, 7) is 18.5. The highest BCUT2D eigenvalue weighted by Gasteiger charge is 2.67. The van der Waals surface area contributed by atoms with Crippen LogP contribution in [0.5, 0.6) is 0 Å². The Morgan fingerprint density at radius 1 is 0.767 bits per heavy atom. The molecule has 328 valence electrons. The van der Waals surface area contributed by atoms with Crippen LogP contribution < -0.4 is 10.5 Å². The van der Waals surface area contributed by atoms with Crippen molar-refractivity contribution in [2.75, 3.05) is 27.4 Å². The van der Waals surface area contributed by atoms with Gasteiger partial charge in [0.15, 0.2) is 5.54 Å². The van der Waals surface area contributed by atoms with E-state index in [0.717, 1.165) is 67.2 Å². The molecule has 2 aromatic carbocycles. The van der Waals surface area contributed by atoms with E-state index in [2.05, 4.69) is 44.6 Å². The van der Waals surface area contributed by atoms with E-state index in [4.69, 9.17) is 24.7 Å². The second-order valence-corrected chi connectivity index (χ2v) is 20.8. The summed E-state index contributed by atoms with van der Waals surface area (Å²) >= 11 is 0. The average Bonchev–Trinajstić information content (AvgIpc) is 3.61. The minimum absolute atomic E-state index is 0.104. The monoisotopic (exact) mass is 844 g/mol. The number of hydrogen-bond donors (Lipinski definition) is 2. The van der Waals surface area contributed by atoms with Gasteiger partial charge < -0.3 is 24.7 Å². The van der Waals surface area contributed by atoms with Gasteiger partial charge >= 0.3 is 11.9 Å². The van der Waals surface area contributed by atoms with E-state index in [1.165, 1.54) is 0 Å². The molecular formula is C48H68N4O7S. The van der Waals surface area contributed by atoms with Crippen molar-refractivity contribution in [1.29, 1.82) is 10.5 Å². The fraction of sp³-hybridized carbons (Fsp3) is 0.667. The number of carbonyl (C=O) groups is 2. The van der Waals surface area contributed by atoms with E-state index in [1.807, 2.05) is 39.0 Å². The van der Waals surface area contributed by atoms with Gasteiger partial charge in [-0.25, -0.2) is 18.5 Å². The number of fused-ring (bicyclic) bond motifs is 2. The van der Waals surface area contributed by atoms with Crippen molar-refractivity contribution < 1.29 is 32.7 Å². The standard InChI is InChI=1S/C26H38N2O4S.C22H30N2O3/c1-8-19-14-25(13-17(3)22(19)31-7)15-20-11-10-18(16-27)12-21(20)26(25,23(29)32-9-2)28-33(30)24(4,5)6;1-5-16-11-21(10-14(3)19(16)26-4)12-17-8-7-15(13-23)9-18(17)22(21,24)20(25)27-6-2/h10-12,17,19,22,28H,8-9,13-15H2,1-7H3;7-9,14,16,19H,5-6,10-12,24H2,1-4H3/t17-,19+,22+,25+,26+,33-;14-,16+,19+,21+,22+/m00/s1. The number of methoxy groups -OCH3 is 2. The van der Waals surface area contributed by atoms with Crippen molar-refractivity contribution in [2.45, 2.75) is 142 Å². The minimum Gasteiger partial charge on any atom is -0.464 e. The number of nitriles is 2. The number of carbonyl (C=O) groups excluding carboxylic acids is 2. The molecule has 0 aliphatic heterocycles. The molecule has 0 bridgehead atoms. The molecule has 4 aliphatic rings. The number of nitrogens with two attached hydrogens (primary N) is 1. The van der Waals surface area contributed by atoms with E-state index in [9.17, 15) is 24.3 Å². The van der Waals surface area contributed by atoms with E-state index in [1.54, 1.807) is 46.3 Å². The second-order valence-electron chi connectivity index (χ2n) is 18.9. The zero-order valence-corrected chi connectivity index (χ0v) is 38.6. The van der Waals surface area contributed by atoms with Gasteiger partial charge in [0, 0.05) is 25.0 Å². The lowest BCUT2D eigenvalue weighted by Crippen LogP contribution is -2.64. The summed E-state index contributed by atoms with van der Waals surface area (Å²) < 4.78 is 39.2. The Bertz CT molecular complexity index is 2020. The topological polar surface area (TPSA) is 174 Å². The predicted octanol–water partition coefficient (Wildman–Crippen LogP) is 7.67. The Morgan fingerprint density at radius 2 is 1.22 bits per heavy atom. The van der Waals surface area contributed by atoms with Crippen LogP contribution in [0.2, 0.25) is 0 Å². The Labute approximate surface area is 361 Å². The maximum atomic E-state index is 14.0. The molecule has 0 unspecified atom stereocenters. The highest BCUT2D eigenvalue weighted by Crippen LogP contribution is 2.62. The number of hydrogen-bond acceptors (Lipinski definition) is 10. The summed E-state index contributed by atoms with van der Waals surface area (Å²) in [5, 5.41) is 19.0. The third-order valence-electron chi connectivity index (χ3n) is 14.4. The molecule has 3 N–H and O–H groups in total. The van der Waals surface area contributed by atoms with Gasteiger partial charge in [0.1, 0.15) is 5.54 Å². The highest BCUT2D eigenvalue weighted by atomic mass is 32.2.